The van der Waals surface area contributed by atoms with E-state index in [1.54, 1.807) is 12.1 Å². The minimum atomic E-state index is -1.12. The molecule has 0 aliphatic carbocycles. The Morgan fingerprint density at radius 2 is 1.72 bits per heavy atom. The fourth-order valence-electron chi connectivity index (χ4n) is 2.02. The second-order valence-corrected chi connectivity index (χ2v) is 4.02. The predicted octanol–water partition coefficient (Wildman–Crippen LogP) is 3.32. The number of rotatable bonds is 3. The molecule has 0 saturated carbocycles. The van der Waals surface area contributed by atoms with Gasteiger partial charge in [0.15, 0.2) is 0 Å². The van der Waals surface area contributed by atoms with E-state index in [9.17, 15) is 9.90 Å². The molecular weight excluding hydrogens is 228 g/mol. The average molecular weight is 242 g/mol. The third kappa shape index (κ3) is 2.07. The highest BCUT2D eigenvalue weighted by Gasteiger charge is 2.15. The lowest BCUT2D eigenvalue weighted by molar-refractivity contribution is 0.0694. The van der Waals surface area contributed by atoms with E-state index in [0.29, 0.717) is 5.56 Å². The highest BCUT2D eigenvalue weighted by Crippen LogP contribution is 2.34. The lowest BCUT2D eigenvalue weighted by atomic mass is 9.96. The molecule has 2 rings (SSSR count). The van der Waals surface area contributed by atoms with Crippen LogP contribution in [0.25, 0.3) is 11.1 Å². The molecule has 0 amide bonds. The smallest absolute Gasteiger partial charge is 0.339 e. The van der Waals surface area contributed by atoms with Crippen LogP contribution in [0.1, 0.15) is 22.8 Å². The summed E-state index contributed by atoms with van der Waals surface area (Å²) in [5, 5.41) is 19.1. The number of hydrogen-bond acceptors (Lipinski definition) is 2. The van der Waals surface area contributed by atoms with Crippen molar-refractivity contribution in [1.29, 1.82) is 0 Å². The van der Waals surface area contributed by atoms with Crippen molar-refractivity contribution >= 4 is 5.97 Å². The Hall–Kier alpha value is -2.29. The number of aryl methyl sites for hydroxylation is 1. The van der Waals surface area contributed by atoms with Gasteiger partial charge in [-0.05, 0) is 23.6 Å². The topological polar surface area (TPSA) is 57.5 Å². The number of carbonyl (C=O) groups is 1. The van der Waals surface area contributed by atoms with E-state index in [4.69, 9.17) is 5.11 Å². The van der Waals surface area contributed by atoms with Gasteiger partial charge in [-0.25, -0.2) is 4.79 Å². The Labute approximate surface area is 105 Å². The van der Waals surface area contributed by atoms with Crippen molar-refractivity contribution < 1.29 is 15.0 Å². The quantitative estimate of drug-likeness (QED) is 0.868. The van der Waals surface area contributed by atoms with Crippen LogP contribution in [-0.4, -0.2) is 16.2 Å². The molecule has 2 aromatic carbocycles. The summed E-state index contributed by atoms with van der Waals surface area (Å²) in [5.41, 5.74) is 2.45. The maximum atomic E-state index is 11.0. The predicted molar refractivity (Wildman–Crippen MR) is 69.9 cm³/mol. The first kappa shape index (κ1) is 12.2. The van der Waals surface area contributed by atoms with Gasteiger partial charge in [0.25, 0.3) is 0 Å². The van der Waals surface area contributed by atoms with Crippen LogP contribution >= 0.6 is 0 Å². The first-order chi connectivity index (χ1) is 8.65. The molecule has 3 heteroatoms. The summed E-state index contributed by atoms with van der Waals surface area (Å²) in [6, 6.07) is 12.4. The molecule has 0 radical (unpaired) electrons. The number of aromatic carboxylic acids is 1. The van der Waals surface area contributed by atoms with Gasteiger partial charge in [-0.3, -0.25) is 0 Å². The standard InChI is InChI=1S/C15H14O3/c1-2-10-6-3-4-7-11(10)12-8-5-9-13(14(12)16)15(17)18/h3-9,16H,2H2,1H3,(H,17,18). The molecule has 0 bridgehead atoms. The molecule has 0 aromatic heterocycles. The molecule has 0 aliphatic heterocycles. The highest BCUT2D eigenvalue weighted by atomic mass is 16.4. The van der Waals surface area contributed by atoms with Crippen molar-refractivity contribution in [2.45, 2.75) is 13.3 Å². The van der Waals surface area contributed by atoms with Crippen LogP contribution in [0.3, 0.4) is 0 Å². The minimum Gasteiger partial charge on any atom is -0.506 e. The number of para-hydroxylation sites is 1. The van der Waals surface area contributed by atoms with Crippen molar-refractivity contribution in [3.63, 3.8) is 0 Å². The average Bonchev–Trinajstić information content (AvgIpc) is 2.38. The fourth-order valence-corrected chi connectivity index (χ4v) is 2.02. The zero-order valence-corrected chi connectivity index (χ0v) is 10.1. The van der Waals surface area contributed by atoms with Gasteiger partial charge in [-0.15, -0.1) is 0 Å². The van der Waals surface area contributed by atoms with Crippen LogP contribution in [0.4, 0.5) is 0 Å². The molecule has 0 spiro atoms. The third-order valence-electron chi connectivity index (χ3n) is 2.95. The number of carboxylic acids is 1. The molecule has 18 heavy (non-hydrogen) atoms. The lowest BCUT2D eigenvalue weighted by Crippen LogP contribution is -1.98. The van der Waals surface area contributed by atoms with Crippen LogP contribution < -0.4 is 0 Å². The van der Waals surface area contributed by atoms with E-state index in [1.807, 2.05) is 31.2 Å². The van der Waals surface area contributed by atoms with E-state index in [0.717, 1.165) is 17.5 Å². The Balaban J connectivity index is 2.64. The second kappa shape index (κ2) is 4.92. The first-order valence-corrected chi connectivity index (χ1v) is 5.78. The largest absolute Gasteiger partial charge is 0.506 e. The van der Waals surface area contributed by atoms with Crippen LogP contribution in [-0.2, 0) is 6.42 Å². The van der Waals surface area contributed by atoms with Gasteiger partial charge in [0.2, 0.25) is 0 Å². The van der Waals surface area contributed by atoms with Gasteiger partial charge in [0.05, 0.1) is 0 Å². The normalized spacial score (nSPS) is 10.3. The van der Waals surface area contributed by atoms with Gasteiger partial charge in [0, 0.05) is 5.56 Å². The number of benzene rings is 2. The van der Waals surface area contributed by atoms with Crippen molar-refractivity contribution in [2.24, 2.45) is 0 Å². The van der Waals surface area contributed by atoms with Gasteiger partial charge < -0.3 is 10.2 Å². The molecule has 2 aromatic rings. The first-order valence-electron chi connectivity index (χ1n) is 5.78. The maximum Gasteiger partial charge on any atom is 0.339 e. The van der Waals surface area contributed by atoms with Gasteiger partial charge in [0.1, 0.15) is 11.3 Å². The molecule has 0 saturated heterocycles. The second-order valence-electron chi connectivity index (χ2n) is 4.02. The summed E-state index contributed by atoms with van der Waals surface area (Å²) >= 11 is 0. The van der Waals surface area contributed by atoms with Crippen molar-refractivity contribution in [3.05, 3.63) is 53.6 Å². The zero-order chi connectivity index (χ0) is 13.1. The van der Waals surface area contributed by atoms with Crippen LogP contribution in [0.2, 0.25) is 0 Å². The van der Waals surface area contributed by atoms with Crippen LogP contribution in [0.5, 0.6) is 5.75 Å². The SMILES string of the molecule is CCc1ccccc1-c1cccc(C(=O)O)c1O. The minimum absolute atomic E-state index is 0.0709. The molecule has 92 valence electrons. The van der Waals surface area contributed by atoms with Crippen molar-refractivity contribution in [1.82, 2.24) is 0 Å². The maximum absolute atomic E-state index is 11.0. The van der Waals surface area contributed by atoms with Crippen LogP contribution in [0.15, 0.2) is 42.5 Å². The fraction of sp³-hybridized carbons (Fsp3) is 0.133. The van der Waals surface area contributed by atoms with Gasteiger partial charge in [-0.2, -0.15) is 0 Å². The van der Waals surface area contributed by atoms with E-state index in [2.05, 4.69) is 0 Å². The third-order valence-corrected chi connectivity index (χ3v) is 2.95. The summed E-state index contributed by atoms with van der Waals surface area (Å²) in [6.45, 7) is 2.02. The summed E-state index contributed by atoms with van der Waals surface area (Å²) in [4.78, 5) is 11.0. The molecule has 3 nitrogen and oxygen atoms in total. The number of carboxylic acid groups (broad SMARTS) is 1. The number of aromatic hydroxyl groups is 1. The molecule has 2 N–H and O–H groups in total. The van der Waals surface area contributed by atoms with E-state index >= 15 is 0 Å². The molecular formula is C15H14O3. The van der Waals surface area contributed by atoms with Gasteiger partial charge in [-0.1, -0.05) is 43.3 Å². The zero-order valence-electron chi connectivity index (χ0n) is 10.1. The Morgan fingerprint density at radius 3 is 2.39 bits per heavy atom. The van der Waals surface area contributed by atoms with E-state index in [-0.39, 0.29) is 11.3 Å². The van der Waals surface area contributed by atoms with E-state index in [1.165, 1.54) is 6.07 Å². The van der Waals surface area contributed by atoms with Gasteiger partial charge >= 0.3 is 5.97 Å². The summed E-state index contributed by atoms with van der Waals surface area (Å²) in [5.74, 6) is -1.30. The molecule has 0 aliphatic rings. The Kier molecular flexibility index (Phi) is 3.33. The number of hydrogen-bond donors (Lipinski definition) is 2. The molecule has 0 unspecified atom stereocenters. The Bertz CT molecular complexity index is 588. The number of phenols is 1. The van der Waals surface area contributed by atoms with Crippen molar-refractivity contribution in [2.75, 3.05) is 0 Å². The summed E-state index contributed by atoms with van der Waals surface area (Å²) in [6.07, 6.45) is 0.826. The van der Waals surface area contributed by atoms with E-state index < -0.39 is 5.97 Å². The van der Waals surface area contributed by atoms with Crippen LogP contribution in [0, 0.1) is 0 Å². The molecule has 0 atom stereocenters. The highest BCUT2D eigenvalue weighted by molar-refractivity contribution is 5.94. The van der Waals surface area contributed by atoms with Crippen molar-refractivity contribution in [3.8, 4) is 16.9 Å². The summed E-state index contributed by atoms with van der Waals surface area (Å²) < 4.78 is 0. The lowest BCUT2D eigenvalue weighted by Gasteiger charge is -2.11. The summed E-state index contributed by atoms with van der Waals surface area (Å²) in [7, 11) is 0. The molecule has 0 heterocycles. The molecule has 0 fully saturated rings. The monoisotopic (exact) mass is 242 g/mol. The Morgan fingerprint density at radius 1 is 1.06 bits per heavy atom.